The highest BCUT2D eigenvalue weighted by molar-refractivity contribution is 5.68. The monoisotopic (exact) mass is 264 g/mol. The van der Waals surface area contributed by atoms with Gasteiger partial charge in [-0.25, -0.2) is 4.79 Å². The van der Waals surface area contributed by atoms with Crippen LogP contribution in [0.3, 0.4) is 0 Å². The molecule has 0 atom stereocenters. The highest BCUT2D eigenvalue weighted by Crippen LogP contribution is 2.32. The Bertz CT molecular complexity index is 552. The van der Waals surface area contributed by atoms with E-state index in [4.69, 9.17) is 15.1 Å². The van der Waals surface area contributed by atoms with Crippen molar-refractivity contribution < 1.29 is 14.6 Å². The number of carboxylic acids is 1. The van der Waals surface area contributed by atoms with Crippen LogP contribution in [-0.2, 0) is 16.6 Å². The first-order chi connectivity index (χ1) is 8.86. The Balaban J connectivity index is 2.09. The van der Waals surface area contributed by atoms with Crippen molar-refractivity contribution >= 4 is 11.8 Å². The van der Waals surface area contributed by atoms with Gasteiger partial charge in [0.2, 0.25) is 0 Å². The molecule has 1 aliphatic heterocycles. The van der Waals surface area contributed by atoms with E-state index in [0.717, 1.165) is 5.82 Å². The molecule has 0 radical (unpaired) electrons. The number of carboxylic acid groups (broad SMARTS) is 1. The van der Waals surface area contributed by atoms with Gasteiger partial charge in [0.15, 0.2) is 0 Å². The van der Waals surface area contributed by atoms with Crippen molar-refractivity contribution in [2.75, 3.05) is 24.6 Å². The van der Waals surface area contributed by atoms with Gasteiger partial charge in [0, 0.05) is 7.05 Å². The summed E-state index contributed by atoms with van der Waals surface area (Å²) in [6.45, 7) is 4.45. The molecule has 1 aliphatic rings. The fourth-order valence-corrected chi connectivity index (χ4v) is 2.38. The summed E-state index contributed by atoms with van der Waals surface area (Å²) in [6.07, 6.45) is 0. The number of rotatable bonds is 4. The molecule has 2 rings (SSSR count). The van der Waals surface area contributed by atoms with E-state index in [0.29, 0.717) is 24.3 Å². The van der Waals surface area contributed by atoms with Crippen LogP contribution < -0.4 is 4.90 Å². The van der Waals surface area contributed by atoms with Crippen LogP contribution in [0.25, 0.3) is 0 Å². The van der Waals surface area contributed by atoms with Gasteiger partial charge in [-0.05, 0) is 13.8 Å². The number of hydrogen-bond donors (Lipinski definition) is 1. The molecule has 2 heterocycles. The molecule has 1 fully saturated rings. The van der Waals surface area contributed by atoms with Gasteiger partial charge in [-0.1, -0.05) is 0 Å². The molecule has 0 amide bonds. The number of nitriles is 1. The SMILES string of the molecule is Cc1nn(C)c(N2CC(C)(OCC(=O)O)C2)c1C#N. The summed E-state index contributed by atoms with van der Waals surface area (Å²) in [7, 11) is 1.79. The predicted octanol–water partition coefficient (Wildman–Crippen LogP) is 0.280. The minimum atomic E-state index is -0.978. The average Bonchev–Trinajstić information content (AvgIpc) is 2.57. The average molecular weight is 264 g/mol. The molecule has 7 heteroatoms. The molecule has 102 valence electrons. The fourth-order valence-electron chi connectivity index (χ4n) is 2.38. The maximum atomic E-state index is 10.5. The highest BCUT2D eigenvalue weighted by atomic mass is 16.5. The predicted molar refractivity (Wildman–Crippen MR) is 66.9 cm³/mol. The Morgan fingerprint density at radius 3 is 2.79 bits per heavy atom. The summed E-state index contributed by atoms with van der Waals surface area (Å²) < 4.78 is 7.02. The number of nitrogens with zero attached hydrogens (tertiary/aromatic N) is 4. The van der Waals surface area contributed by atoms with E-state index in [2.05, 4.69) is 11.2 Å². The first-order valence-electron chi connectivity index (χ1n) is 5.91. The molecule has 19 heavy (non-hydrogen) atoms. The molecule has 1 saturated heterocycles. The Kier molecular flexibility index (Phi) is 3.20. The van der Waals surface area contributed by atoms with E-state index in [1.54, 1.807) is 18.7 Å². The van der Waals surface area contributed by atoms with Crippen molar-refractivity contribution in [1.29, 1.82) is 5.26 Å². The summed E-state index contributed by atoms with van der Waals surface area (Å²) in [4.78, 5) is 12.5. The normalized spacial score (nSPS) is 16.8. The Morgan fingerprint density at radius 2 is 2.26 bits per heavy atom. The zero-order valence-corrected chi connectivity index (χ0v) is 11.2. The second-order valence-electron chi connectivity index (χ2n) is 5.01. The van der Waals surface area contributed by atoms with Gasteiger partial charge in [-0.3, -0.25) is 4.68 Å². The number of anilines is 1. The third kappa shape index (κ3) is 2.39. The van der Waals surface area contributed by atoms with Crippen LogP contribution in [0, 0.1) is 18.3 Å². The van der Waals surface area contributed by atoms with Crippen molar-refractivity contribution in [2.45, 2.75) is 19.4 Å². The summed E-state index contributed by atoms with van der Waals surface area (Å²) >= 11 is 0. The molecule has 0 bridgehead atoms. The van der Waals surface area contributed by atoms with Gasteiger partial charge in [-0.2, -0.15) is 10.4 Å². The molecule has 0 spiro atoms. The van der Waals surface area contributed by atoms with Crippen LogP contribution in [-0.4, -0.2) is 46.2 Å². The topological polar surface area (TPSA) is 91.4 Å². The van der Waals surface area contributed by atoms with Crippen LogP contribution in [0.15, 0.2) is 0 Å². The first-order valence-corrected chi connectivity index (χ1v) is 5.91. The number of aryl methyl sites for hydroxylation is 2. The van der Waals surface area contributed by atoms with Gasteiger partial charge in [0.25, 0.3) is 0 Å². The van der Waals surface area contributed by atoms with E-state index in [9.17, 15) is 4.79 Å². The van der Waals surface area contributed by atoms with Crippen LogP contribution in [0.2, 0.25) is 0 Å². The van der Waals surface area contributed by atoms with Gasteiger partial charge in [0.1, 0.15) is 29.7 Å². The van der Waals surface area contributed by atoms with E-state index in [1.807, 2.05) is 11.8 Å². The minimum Gasteiger partial charge on any atom is -0.480 e. The van der Waals surface area contributed by atoms with Crippen molar-refractivity contribution in [2.24, 2.45) is 7.05 Å². The lowest BCUT2D eigenvalue weighted by molar-refractivity contribution is -0.150. The quantitative estimate of drug-likeness (QED) is 0.839. The molecule has 7 nitrogen and oxygen atoms in total. The second kappa shape index (κ2) is 4.55. The van der Waals surface area contributed by atoms with Gasteiger partial charge in [0.05, 0.1) is 18.8 Å². The van der Waals surface area contributed by atoms with Crippen molar-refractivity contribution in [1.82, 2.24) is 9.78 Å². The third-order valence-corrected chi connectivity index (χ3v) is 3.20. The molecule has 1 N–H and O–H groups in total. The largest absolute Gasteiger partial charge is 0.480 e. The molecule has 1 aromatic heterocycles. The van der Waals surface area contributed by atoms with E-state index in [1.165, 1.54) is 0 Å². The number of hydrogen-bond acceptors (Lipinski definition) is 5. The second-order valence-corrected chi connectivity index (χ2v) is 5.01. The van der Waals surface area contributed by atoms with Gasteiger partial charge < -0.3 is 14.7 Å². The molecular formula is C12H16N4O3. The lowest BCUT2D eigenvalue weighted by Gasteiger charge is -2.48. The Labute approximate surface area is 111 Å². The molecular weight excluding hydrogens is 248 g/mol. The zero-order chi connectivity index (χ0) is 14.2. The minimum absolute atomic E-state index is 0.306. The van der Waals surface area contributed by atoms with Gasteiger partial charge in [-0.15, -0.1) is 0 Å². The van der Waals surface area contributed by atoms with Crippen molar-refractivity contribution in [3.05, 3.63) is 11.3 Å². The Hall–Kier alpha value is -2.07. The smallest absolute Gasteiger partial charge is 0.329 e. The number of ether oxygens (including phenoxy) is 1. The molecule has 0 aliphatic carbocycles. The summed E-state index contributed by atoms with van der Waals surface area (Å²) in [5.41, 5.74) is 0.770. The molecule has 1 aromatic rings. The summed E-state index contributed by atoms with van der Waals surface area (Å²) in [6, 6.07) is 2.15. The van der Waals surface area contributed by atoms with E-state index >= 15 is 0 Å². The first kappa shape index (κ1) is 13.4. The summed E-state index contributed by atoms with van der Waals surface area (Å²) in [5.74, 6) is -0.217. The standard InChI is InChI=1S/C12H16N4O3/c1-8-9(4-13)11(15(3)14-8)16-6-12(2,7-16)19-5-10(17)18/h5-7H2,1-3H3,(H,17,18). The van der Waals surface area contributed by atoms with Crippen LogP contribution in [0.1, 0.15) is 18.2 Å². The van der Waals surface area contributed by atoms with Gasteiger partial charge >= 0.3 is 5.97 Å². The van der Waals surface area contributed by atoms with Crippen LogP contribution in [0.4, 0.5) is 5.82 Å². The van der Waals surface area contributed by atoms with E-state index < -0.39 is 11.6 Å². The zero-order valence-electron chi connectivity index (χ0n) is 11.2. The Morgan fingerprint density at radius 1 is 1.63 bits per heavy atom. The number of aromatic nitrogens is 2. The maximum Gasteiger partial charge on any atom is 0.329 e. The highest BCUT2D eigenvalue weighted by Gasteiger charge is 2.42. The molecule has 0 aromatic carbocycles. The third-order valence-electron chi connectivity index (χ3n) is 3.20. The fraction of sp³-hybridized carbons (Fsp3) is 0.583. The van der Waals surface area contributed by atoms with Crippen molar-refractivity contribution in [3.8, 4) is 6.07 Å². The molecule has 0 unspecified atom stereocenters. The lowest BCUT2D eigenvalue weighted by Crippen LogP contribution is -2.62. The number of aliphatic carboxylic acids is 1. The van der Waals surface area contributed by atoms with Crippen LogP contribution in [0.5, 0.6) is 0 Å². The van der Waals surface area contributed by atoms with E-state index in [-0.39, 0.29) is 6.61 Å². The molecule has 0 saturated carbocycles. The van der Waals surface area contributed by atoms with Crippen molar-refractivity contribution in [3.63, 3.8) is 0 Å². The lowest BCUT2D eigenvalue weighted by atomic mass is 9.96. The summed E-state index contributed by atoms with van der Waals surface area (Å²) in [5, 5.41) is 22.0. The number of carbonyl (C=O) groups is 1. The maximum absolute atomic E-state index is 10.5. The van der Waals surface area contributed by atoms with Crippen LogP contribution >= 0.6 is 0 Å².